The van der Waals surface area contributed by atoms with Crippen LogP contribution in [0.2, 0.25) is 5.02 Å². The van der Waals surface area contributed by atoms with E-state index in [2.05, 4.69) is 5.32 Å². The Bertz CT molecular complexity index is 1160. The molecule has 1 N–H and O–H groups in total. The summed E-state index contributed by atoms with van der Waals surface area (Å²) in [6.45, 7) is 7.07. The molecule has 192 valence electrons. The molecule has 0 aromatic heterocycles. The lowest BCUT2D eigenvalue weighted by Crippen LogP contribution is -2.52. The molecule has 2 rings (SSSR count). The first-order chi connectivity index (χ1) is 16.4. The summed E-state index contributed by atoms with van der Waals surface area (Å²) in [7, 11) is -2.39. The van der Waals surface area contributed by atoms with Gasteiger partial charge in [0.15, 0.2) is 0 Å². The Morgan fingerprint density at radius 3 is 2.34 bits per heavy atom. The minimum atomic E-state index is -3.85. The number of benzene rings is 2. The third-order valence-electron chi connectivity index (χ3n) is 5.87. The zero-order chi connectivity index (χ0) is 26.3. The molecule has 0 bridgehead atoms. The Morgan fingerprint density at radius 1 is 1.14 bits per heavy atom. The second-order valence-electron chi connectivity index (χ2n) is 8.53. The van der Waals surface area contributed by atoms with Gasteiger partial charge in [0.05, 0.1) is 24.1 Å². The Balaban J connectivity index is 2.43. The fourth-order valence-electron chi connectivity index (χ4n) is 3.44. The summed E-state index contributed by atoms with van der Waals surface area (Å²) in [6.07, 6.45) is 1.76. The summed E-state index contributed by atoms with van der Waals surface area (Å²) in [4.78, 5) is 27.9. The number of amides is 2. The van der Waals surface area contributed by atoms with Crippen molar-refractivity contribution < 1.29 is 22.7 Å². The highest BCUT2D eigenvalue weighted by Crippen LogP contribution is 2.30. The molecule has 0 saturated carbocycles. The maximum absolute atomic E-state index is 13.6. The molecule has 0 aliphatic carbocycles. The van der Waals surface area contributed by atoms with Crippen LogP contribution in [0.3, 0.4) is 0 Å². The third-order valence-corrected chi connectivity index (χ3v) is 7.31. The molecule has 10 heteroatoms. The first-order valence-electron chi connectivity index (χ1n) is 11.3. The van der Waals surface area contributed by atoms with E-state index in [0.29, 0.717) is 5.75 Å². The van der Waals surface area contributed by atoms with Crippen molar-refractivity contribution in [2.24, 2.45) is 0 Å². The predicted octanol–water partition coefficient (Wildman–Crippen LogP) is 3.76. The van der Waals surface area contributed by atoms with Gasteiger partial charge >= 0.3 is 0 Å². The Morgan fingerprint density at radius 2 is 1.80 bits per heavy atom. The number of rotatable bonds is 11. The summed E-state index contributed by atoms with van der Waals surface area (Å²) in [6, 6.07) is 11.2. The molecule has 0 aliphatic rings. The van der Waals surface area contributed by atoms with Crippen LogP contribution < -0.4 is 14.4 Å². The van der Waals surface area contributed by atoms with Crippen LogP contribution in [0.25, 0.3) is 0 Å². The minimum Gasteiger partial charge on any atom is -0.495 e. The summed E-state index contributed by atoms with van der Waals surface area (Å²) >= 11 is 6.21. The van der Waals surface area contributed by atoms with Gasteiger partial charge in [0, 0.05) is 12.6 Å². The van der Waals surface area contributed by atoms with Crippen molar-refractivity contribution in [3.63, 3.8) is 0 Å². The van der Waals surface area contributed by atoms with Crippen LogP contribution in [0.5, 0.6) is 5.75 Å². The number of ether oxygens (including phenoxy) is 1. The molecule has 0 unspecified atom stereocenters. The second kappa shape index (κ2) is 12.3. The average Bonchev–Trinajstić information content (AvgIpc) is 2.80. The Hall–Kier alpha value is -2.78. The summed E-state index contributed by atoms with van der Waals surface area (Å²) in [5, 5.41) is 3.12. The molecular weight excluding hydrogens is 490 g/mol. The van der Waals surface area contributed by atoms with Crippen LogP contribution in [0, 0.1) is 6.92 Å². The number of carbonyl (C=O) groups is 2. The molecule has 35 heavy (non-hydrogen) atoms. The fraction of sp³-hybridized carbons (Fsp3) is 0.440. The van der Waals surface area contributed by atoms with Crippen LogP contribution in [0.4, 0.5) is 5.69 Å². The van der Waals surface area contributed by atoms with E-state index in [1.165, 1.54) is 30.2 Å². The zero-order valence-corrected chi connectivity index (χ0v) is 22.6. The van der Waals surface area contributed by atoms with Crippen molar-refractivity contribution in [1.82, 2.24) is 10.2 Å². The van der Waals surface area contributed by atoms with E-state index in [9.17, 15) is 18.0 Å². The molecule has 2 aromatic carbocycles. The van der Waals surface area contributed by atoms with E-state index in [0.717, 1.165) is 28.1 Å². The molecule has 2 amide bonds. The highest BCUT2D eigenvalue weighted by Gasteiger charge is 2.31. The molecule has 2 aromatic rings. The van der Waals surface area contributed by atoms with E-state index in [1.54, 1.807) is 6.92 Å². The number of carbonyl (C=O) groups excluding carboxylic acids is 2. The molecule has 8 nitrogen and oxygen atoms in total. The SMILES string of the molecule is CC[C@H](C)NC(=O)[C@H](C)N(Cc1ccccc1C)C(=O)CN(c1ccc(OC)c(Cl)c1)S(C)(=O)=O. The van der Waals surface area contributed by atoms with Gasteiger partial charge in [-0.3, -0.25) is 13.9 Å². The van der Waals surface area contributed by atoms with Crippen molar-refractivity contribution in [2.75, 3.05) is 24.2 Å². The smallest absolute Gasteiger partial charge is 0.244 e. The van der Waals surface area contributed by atoms with E-state index in [-0.39, 0.29) is 29.2 Å². The van der Waals surface area contributed by atoms with Crippen molar-refractivity contribution in [3.8, 4) is 5.75 Å². The van der Waals surface area contributed by atoms with Gasteiger partial charge in [0.25, 0.3) is 0 Å². The number of hydrogen-bond donors (Lipinski definition) is 1. The molecule has 0 spiro atoms. The van der Waals surface area contributed by atoms with E-state index >= 15 is 0 Å². The minimum absolute atomic E-state index is 0.0608. The van der Waals surface area contributed by atoms with E-state index in [4.69, 9.17) is 16.3 Å². The van der Waals surface area contributed by atoms with Crippen LogP contribution in [0.15, 0.2) is 42.5 Å². The number of hydrogen-bond acceptors (Lipinski definition) is 5. The van der Waals surface area contributed by atoms with Gasteiger partial charge in [0.1, 0.15) is 18.3 Å². The topological polar surface area (TPSA) is 96.0 Å². The largest absolute Gasteiger partial charge is 0.495 e. The van der Waals surface area contributed by atoms with Crippen molar-refractivity contribution in [2.45, 2.75) is 52.7 Å². The molecule has 0 fully saturated rings. The number of nitrogens with one attached hydrogen (secondary N) is 1. The van der Waals surface area contributed by atoms with Gasteiger partial charge in [-0.25, -0.2) is 8.42 Å². The first kappa shape index (κ1) is 28.5. The predicted molar refractivity (Wildman–Crippen MR) is 139 cm³/mol. The van der Waals surface area contributed by atoms with Crippen molar-refractivity contribution >= 4 is 39.1 Å². The molecule has 0 radical (unpaired) electrons. The summed E-state index contributed by atoms with van der Waals surface area (Å²) in [5.41, 5.74) is 2.04. The van der Waals surface area contributed by atoms with Crippen LogP contribution >= 0.6 is 11.6 Å². The van der Waals surface area contributed by atoms with Gasteiger partial charge in [0.2, 0.25) is 21.8 Å². The normalized spacial score (nSPS) is 13.0. The molecular formula is C25H34ClN3O5S. The number of anilines is 1. The molecule has 0 aliphatic heterocycles. The lowest BCUT2D eigenvalue weighted by molar-refractivity contribution is -0.139. The zero-order valence-electron chi connectivity index (χ0n) is 21.0. The van der Waals surface area contributed by atoms with E-state index < -0.39 is 28.5 Å². The monoisotopic (exact) mass is 523 g/mol. The maximum atomic E-state index is 13.6. The van der Waals surface area contributed by atoms with Crippen LogP contribution in [0.1, 0.15) is 38.3 Å². The fourth-order valence-corrected chi connectivity index (χ4v) is 4.54. The number of sulfonamides is 1. The Labute approximate surface area is 213 Å². The quantitative estimate of drug-likeness (QED) is 0.484. The van der Waals surface area contributed by atoms with E-state index in [1.807, 2.05) is 45.0 Å². The first-order valence-corrected chi connectivity index (χ1v) is 13.6. The second-order valence-corrected chi connectivity index (χ2v) is 10.8. The lowest BCUT2D eigenvalue weighted by atomic mass is 10.1. The standard InChI is InChI=1S/C25H34ClN3O5S/c1-7-18(3)27-25(31)19(4)28(15-20-11-9-8-10-17(20)2)24(30)16-29(35(6,32)33)21-12-13-23(34-5)22(26)14-21/h8-14,18-19H,7,15-16H2,1-6H3,(H,27,31)/t18-,19-/m0/s1. The summed E-state index contributed by atoms with van der Waals surface area (Å²) < 4.78 is 31.4. The van der Waals surface area contributed by atoms with Gasteiger partial charge in [-0.1, -0.05) is 42.8 Å². The number of methoxy groups -OCH3 is 1. The van der Waals surface area contributed by atoms with Crippen LogP contribution in [-0.2, 0) is 26.2 Å². The molecule has 0 saturated heterocycles. The van der Waals surface area contributed by atoms with Crippen LogP contribution in [-0.4, -0.2) is 57.1 Å². The van der Waals surface area contributed by atoms with Gasteiger partial charge < -0.3 is 15.0 Å². The highest BCUT2D eigenvalue weighted by atomic mass is 35.5. The number of halogens is 1. The number of nitrogens with zero attached hydrogens (tertiary/aromatic N) is 2. The Kier molecular flexibility index (Phi) is 9.97. The van der Waals surface area contributed by atoms with Gasteiger partial charge in [-0.15, -0.1) is 0 Å². The summed E-state index contributed by atoms with van der Waals surface area (Å²) in [5.74, 6) is -0.441. The number of aryl methyl sites for hydroxylation is 1. The maximum Gasteiger partial charge on any atom is 0.244 e. The third kappa shape index (κ3) is 7.60. The lowest BCUT2D eigenvalue weighted by Gasteiger charge is -2.32. The average molecular weight is 524 g/mol. The van der Waals surface area contributed by atoms with Crippen molar-refractivity contribution in [3.05, 3.63) is 58.6 Å². The van der Waals surface area contributed by atoms with Gasteiger partial charge in [-0.2, -0.15) is 0 Å². The van der Waals surface area contributed by atoms with Gasteiger partial charge in [-0.05, 0) is 56.5 Å². The van der Waals surface area contributed by atoms with Crippen molar-refractivity contribution in [1.29, 1.82) is 0 Å². The molecule has 0 heterocycles. The highest BCUT2D eigenvalue weighted by molar-refractivity contribution is 7.92. The molecule has 2 atom stereocenters.